The van der Waals surface area contributed by atoms with Gasteiger partial charge in [-0.2, -0.15) is 0 Å². The Labute approximate surface area is 181 Å². The van der Waals surface area contributed by atoms with Crippen LogP contribution in [0.5, 0.6) is 5.75 Å². The molecule has 0 atom stereocenters. The van der Waals surface area contributed by atoms with E-state index < -0.39 is 39.9 Å². The quantitative estimate of drug-likeness (QED) is 0.172. The molecule has 3 N–H and O–H groups in total. The van der Waals surface area contributed by atoms with E-state index in [9.17, 15) is 43.6 Å². The van der Waals surface area contributed by atoms with Crippen LogP contribution in [-0.4, -0.2) is 43.2 Å². The van der Waals surface area contributed by atoms with E-state index in [1.54, 1.807) is 0 Å². The topological polar surface area (TPSA) is 245 Å². The van der Waals surface area contributed by atoms with Crippen LogP contribution in [0.2, 0.25) is 0 Å². The molecule has 0 aromatic heterocycles. The standard InChI is InChI=1S/C15H23N3O12P2/c16-6-1-2-14(19)17-7-5-11-13(4-3-12(15(11)17)18(20)21)30-10(8-28-31(22,23)24)9-29-32(25,26)27/h3-4,10H,1-2,5-9,16H2,(H2,22,23,24)(H2,25,26,27)/p-3. The van der Waals surface area contributed by atoms with Gasteiger partial charge in [-0.25, -0.2) is 0 Å². The van der Waals surface area contributed by atoms with E-state index >= 15 is 0 Å². The Kier molecular flexibility index (Phi) is 8.88. The molecule has 15 nitrogen and oxygen atoms in total. The molecule has 180 valence electrons. The molecule has 0 spiro atoms. The minimum absolute atomic E-state index is 0.0150. The smallest absolute Gasteiger partial charge is 0.293 e. The molecule has 32 heavy (non-hydrogen) atoms. The van der Waals surface area contributed by atoms with Gasteiger partial charge in [0.1, 0.15) is 17.5 Å². The lowest BCUT2D eigenvalue weighted by molar-refractivity contribution is -0.384. The van der Waals surface area contributed by atoms with E-state index in [1.165, 1.54) is 4.90 Å². The van der Waals surface area contributed by atoms with Gasteiger partial charge in [0.25, 0.3) is 5.69 Å². The predicted octanol–water partition coefficient (Wildman–Crippen LogP) is -3.06. The fraction of sp³-hybridized carbons (Fsp3) is 0.533. The number of nitro benzene ring substituents is 1. The summed E-state index contributed by atoms with van der Waals surface area (Å²) in [5.41, 5.74) is 3.48. The summed E-state index contributed by atoms with van der Waals surface area (Å²) in [6, 6.07) is 2.22. The summed E-state index contributed by atoms with van der Waals surface area (Å²) in [4.78, 5) is 67.5. The minimum atomic E-state index is -5.47. The number of anilines is 1. The number of hydrogen-bond donors (Lipinski definition) is 1. The van der Waals surface area contributed by atoms with Crippen molar-refractivity contribution in [1.82, 2.24) is 0 Å². The zero-order chi connectivity index (χ0) is 24.1. The molecule has 0 saturated heterocycles. The fourth-order valence-electron chi connectivity index (χ4n) is 3.05. The highest BCUT2D eigenvalue weighted by molar-refractivity contribution is 7.43. The molecule has 17 heteroatoms. The number of benzene rings is 1. The van der Waals surface area contributed by atoms with Crippen LogP contribution in [0, 0.1) is 10.1 Å². The number of phosphoric ester groups is 2. The van der Waals surface area contributed by atoms with Crippen molar-refractivity contribution in [3.05, 3.63) is 27.8 Å². The van der Waals surface area contributed by atoms with Crippen LogP contribution in [0.15, 0.2) is 12.1 Å². The molecule has 1 aromatic rings. The van der Waals surface area contributed by atoms with Gasteiger partial charge in [0.15, 0.2) is 0 Å². The summed E-state index contributed by atoms with van der Waals surface area (Å²) < 4.78 is 35.1. The summed E-state index contributed by atoms with van der Waals surface area (Å²) in [6.45, 7) is -1.37. The van der Waals surface area contributed by atoms with Crippen LogP contribution < -0.4 is 34.9 Å². The second-order valence-corrected chi connectivity index (χ2v) is 8.95. The van der Waals surface area contributed by atoms with Gasteiger partial charge in [0.05, 0.1) is 40.3 Å². The van der Waals surface area contributed by atoms with Crippen LogP contribution in [-0.2, 0) is 29.4 Å². The van der Waals surface area contributed by atoms with Gasteiger partial charge in [-0.05, 0) is 12.5 Å². The number of quaternary nitrogens is 1. The lowest BCUT2D eigenvalue weighted by Crippen LogP contribution is -2.50. The molecule has 1 aliphatic rings. The number of fused-ring (bicyclic) bond motifs is 1. The van der Waals surface area contributed by atoms with Crippen molar-refractivity contribution in [3.8, 4) is 5.75 Å². The summed E-state index contributed by atoms with van der Waals surface area (Å²) in [6.07, 6.45) is -0.829. The van der Waals surface area contributed by atoms with Crippen LogP contribution >= 0.6 is 15.6 Å². The largest absolute Gasteiger partial charge is 0.790 e. The number of amides is 1. The lowest BCUT2D eigenvalue weighted by atomic mass is 10.1. The maximum Gasteiger partial charge on any atom is 0.293 e. The molecule has 1 amide bonds. The Bertz CT molecular complexity index is 920. The van der Waals surface area contributed by atoms with Crippen molar-refractivity contribution in [3.63, 3.8) is 0 Å². The van der Waals surface area contributed by atoms with Gasteiger partial charge < -0.3 is 53.1 Å². The van der Waals surface area contributed by atoms with E-state index in [1.807, 2.05) is 0 Å². The fourth-order valence-corrected chi connectivity index (χ4v) is 3.74. The highest BCUT2D eigenvalue weighted by Crippen LogP contribution is 2.43. The SMILES string of the molecule is [NH3+]CCCC(=O)N1CCc2c(OC(COP(=O)([O-])[O-])COP(=O)([O-])[O-])ccc([N+](=O)[O-])c21. The third-order valence-corrected chi connectivity index (χ3v) is 5.27. The minimum Gasteiger partial charge on any atom is -0.790 e. The summed E-state index contributed by atoms with van der Waals surface area (Å²) in [7, 11) is -10.9. The Hall–Kier alpha value is -1.93. The average Bonchev–Trinajstić information content (AvgIpc) is 3.12. The average molecular weight is 496 g/mol. The number of carbonyl (C=O) groups is 1. The van der Waals surface area contributed by atoms with Crippen molar-refractivity contribution in [2.75, 3.05) is 31.2 Å². The first kappa shape index (κ1) is 26.3. The van der Waals surface area contributed by atoms with Crippen molar-refractivity contribution in [1.29, 1.82) is 0 Å². The van der Waals surface area contributed by atoms with Crippen LogP contribution in [0.25, 0.3) is 0 Å². The van der Waals surface area contributed by atoms with E-state index in [4.69, 9.17) is 4.74 Å². The monoisotopic (exact) mass is 496 g/mol. The molecule has 0 aliphatic carbocycles. The highest BCUT2D eigenvalue weighted by atomic mass is 31.2. The first-order valence-corrected chi connectivity index (χ1v) is 12.1. The molecular weight excluding hydrogens is 476 g/mol. The van der Waals surface area contributed by atoms with E-state index in [0.717, 1.165) is 12.1 Å². The van der Waals surface area contributed by atoms with Gasteiger partial charge in [0.2, 0.25) is 5.91 Å². The Morgan fingerprint density at radius 2 is 1.75 bits per heavy atom. The number of rotatable bonds is 12. The maximum absolute atomic E-state index is 12.5. The second-order valence-electron chi connectivity index (χ2n) is 6.65. The summed E-state index contributed by atoms with van der Waals surface area (Å²) >= 11 is 0. The molecule has 2 rings (SSSR count). The first-order valence-electron chi connectivity index (χ1n) is 9.22. The van der Waals surface area contributed by atoms with E-state index in [2.05, 4.69) is 14.8 Å². The number of nitrogens with zero attached hydrogens (tertiary/aromatic N) is 2. The molecular formula is C15H20N3O12P2-3. The number of carbonyl (C=O) groups excluding carboxylic acids is 1. The Morgan fingerprint density at radius 3 is 2.25 bits per heavy atom. The van der Waals surface area contributed by atoms with Gasteiger partial charge in [-0.15, -0.1) is 0 Å². The summed E-state index contributed by atoms with van der Waals surface area (Å²) in [5.74, 6) is -0.429. The van der Waals surface area contributed by atoms with E-state index in [-0.39, 0.29) is 48.0 Å². The number of ether oxygens (including phenoxy) is 1. The highest BCUT2D eigenvalue weighted by Gasteiger charge is 2.35. The predicted molar refractivity (Wildman–Crippen MR) is 97.7 cm³/mol. The van der Waals surface area contributed by atoms with Gasteiger partial charge in [0, 0.05) is 31.0 Å². The van der Waals surface area contributed by atoms with Crippen LogP contribution in [0.4, 0.5) is 11.4 Å². The number of phosphoric acid groups is 2. The zero-order valence-electron chi connectivity index (χ0n) is 16.6. The summed E-state index contributed by atoms with van der Waals surface area (Å²) in [5, 5.41) is 11.5. The lowest BCUT2D eigenvalue weighted by Gasteiger charge is -2.33. The van der Waals surface area contributed by atoms with Crippen molar-refractivity contribution < 1.29 is 57.9 Å². The maximum atomic E-state index is 12.5. The molecule has 0 radical (unpaired) electrons. The van der Waals surface area contributed by atoms with Gasteiger partial charge >= 0.3 is 0 Å². The molecule has 0 unspecified atom stereocenters. The normalized spacial score (nSPS) is 14.0. The van der Waals surface area contributed by atoms with E-state index in [0.29, 0.717) is 13.0 Å². The molecule has 1 aromatic carbocycles. The van der Waals surface area contributed by atoms with Crippen LogP contribution in [0.1, 0.15) is 18.4 Å². The third kappa shape index (κ3) is 7.59. The van der Waals surface area contributed by atoms with Crippen molar-refractivity contribution >= 4 is 32.9 Å². The van der Waals surface area contributed by atoms with Gasteiger partial charge in [-0.3, -0.25) is 14.9 Å². The number of nitro groups is 1. The molecule has 0 saturated carbocycles. The third-order valence-electron chi connectivity index (χ3n) is 4.34. The Morgan fingerprint density at radius 1 is 1.16 bits per heavy atom. The zero-order valence-corrected chi connectivity index (χ0v) is 18.4. The Balaban J connectivity index is 2.35. The number of hydrogen-bond acceptors (Lipinski definition) is 12. The van der Waals surface area contributed by atoms with Crippen LogP contribution in [0.3, 0.4) is 0 Å². The van der Waals surface area contributed by atoms with Crippen molar-refractivity contribution in [2.45, 2.75) is 25.4 Å². The van der Waals surface area contributed by atoms with Gasteiger partial charge in [-0.1, -0.05) is 0 Å². The molecule has 0 fully saturated rings. The first-order chi connectivity index (χ1) is 14.8. The van der Waals surface area contributed by atoms with Crippen molar-refractivity contribution in [2.24, 2.45) is 0 Å². The second kappa shape index (κ2) is 10.8. The molecule has 0 bridgehead atoms. The molecule has 1 aliphatic heterocycles. The molecule has 1 heterocycles.